The van der Waals surface area contributed by atoms with Crippen LogP contribution in [0.15, 0.2) is 51.7 Å². The minimum absolute atomic E-state index is 0.229. The Kier molecular flexibility index (Phi) is 5.75. The second-order valence-electron chi connectivity index (χ2n) is 7.75. The molecule has 2 aromatic carbocycles. The van der Waals surface area contributed by atoms with Crippen molar-refractivity contribution in [2.45, 2.75) is 25.4 Å². The fourth-order valence-electron chi connectivity index (χ4n) is 3.92. The first-order valence-corrected chi connectivity index (χ1v) is 10.1. The Bertz CT molecular complexity index is 1110. The van der Waals surface area contributed by atoms with E-state index in [0.717, 1.165) is 50.2 Å². The largest absolute Gasteiger partial charge is 0.417 e. The zero-order valence-electron chi connectivity index (χ0n) is 16.7. The summed E-state index contributed by atoms with van der Waals surface area (Å²) in [4.78, 5) is 28.2. The van der Waals surface area contributed by atoms with Crippen molar-refractivity contribution in [3.63, 3.8) is 0 Å². The highest BCUT2D eigenvalue weighted by Gasteiger charge is 2.30. The Morgan fingerprint density at radius 3 is 2.52 bits per heavy atom. The number of anilines is 1. The van der Waals surface area contributed by atoms with E-state index in [9.17, 15) is 22.8 Å². The first-order valence-electron chi connectivity index (χ1n) is 10.1. The second-order valence-corrected chi connectivity index (χ2v) is 7.75. The molecule has 1 aliphatic heterocycles. The van der Waals surface area contributed by atoms with E-state index in [1.807, 2.05) is 0 Å². The number of nitrogens with zero attached hydrogens (tertiary/aromatic N) is 1. The van der Waals surface area contributed by atoms with E-state index in [-0.39, 0.29) is 5.91 Å². The molecule has 0 radical (unpaired) electrons. The van der Waals surface area contributed by atoms with E-state index in [1.165, 1.54) is 18.2 Å². The van der Waals surface area contributed by atoms with Crippen molar-refractivity contribution in [1.29, 1.82) is 0 Å². The van der Waals surface area contributed by atoms with Crippen LogP contribution >= 0.6 is 0 Å². The Labute approximate surface area is 176 Å². The molecule has 0 atom stereocenters. The Balaban J connectivity index is 1.23. The molecule has 9 heteroatoms. The third-order valence-electron chi connectivity index (χ3n) is 5.70. The minimum Gasteiger partial charge on any atom is -0.408 e. The number of aromatic nitrogens is 1. The zero-order chi connectivity index (χ0) is 22.0. The van der Waals surface area contributed by atoms with Gasteiger partial charge in [-0.05, 0) is 67.6 Å². The van der Waals surface area contributed by atoms with Gasteiger partial charge in [0.05, 0.1) is 11.1 Å². The molecule has 3 aromatic rings. The molecule has 6 nitrogen and oxygen atoms in total. The van der Waals surface area contributed by atoms with Gasteiger partial charge in [0, 0.05) is 30.9 Å². The molecule has 0 spiro atoms. The van der Waals surface area contributed by atoms with Gasteiger partial charge in [0.1, 0.15) is 0 Å². The van der Waals surface area contributed by atoms with Crippen LogP contribution in [0, 0.1) is 5.92 Å². The number of halogens is 3. The van der Waals surface area contributed by atoms with Crippen molar-refractivity contribution in [1.82, 2.24) is 10.3 Å². The van der Waals surface area contributed by atoms with Crippen molar-refractivity contribution in [2.24, 2.45) is 5.92 Å². The maximum Gasteiger partial charge on any atom is 0.417 e. The Hall–Kier alpha value is -3.23. The van der Waals surface area contributed by atoms with Crippen LogP contribution in [0.3, 0.4) is 0 Å². The number of aromatic amines is 1. The van der Waals surface area contributed by atoms with Gasteiger partial charge in [-0.3, -0.25) is 9.78 Å². The van der Waals surface area contributed by atoms with Crippen molar-refractivity contribution in [3.05, 3.63) is 64.1 Å². The number of amides is 1. The number of oxazole rings is 1. The molecule has 0 bridgehead atoms. The predicted molar refractivity (Wildman–Crippen MR) is 110 cm³/mol. The molecule has 0 unspecified atom stereocenters. The number of carbonyl (C=O) groups is 1. The number of piperidine rings is 1. The maximum atomic E-state index is 12.7. The van der Waals surface area contributed by atoms with Crippen molar-refractivity contribution in [2.75, 3.05) is 24.5 Å². The average Bonchev–Trinajstić information content (AvgIpc) is 3.13. The highest BCUT2D eigenvalue weighted by Crippen LogP contribution is 2.31. The SMILES string of the molecule is O=C(NCCC1CCN(c2ccc(C(F)(F)F)cc2)CC1)c1ccc2[nH]c(=O)oc2c1. The van der Waals surface area contributed by atoms with Gasteiger partial charge in [0.25, 0.3) is 5.91 Å². The number of benzene rings is 2. The first kappa shape index (κ1) is 21.0. The summed E-state index contributed by atoms with van der Waals surface area (Å²) in [5.41, 5.74) is 1.47. The van der Waals surface area contributed by atoms with Gasteiger partial charge < -0.3 is 14.6 Å². The third kappa shape index (κ3) is 4.92. The normalized spacial score (nSPS) is 15.4. The summed E-state index contributed by atoms with van der Waals surface area (Å²) >= 11 is 0. The molecule has 2 heterocycles. The second kappa shape index (κ2) is 8.49. The monoisotopic (exact) mass is 433 g/mol. The van der Waals surface area contributed by atoms with Gasteiger partial charge in [-0.2, -0.15) is 13.2 Å². The molecule has 1 aromatic heterocycles. The minimum atomic E-state index is -4.32. The number of hydrogen-bond donors (Lipinski definition) is 2. The van der Waals surface area contributed by atoms with Gasteiger partial charge in [-0.15, -0.1) is 0 Å². The summed E-state index contributed by atoms with van der Waals surface area (Å²) in [7, 11) is 0. The topological polar surface area (TPSA) is 78.3 Å². The fraction of sp³-hybridized carbons (Fsp3) is 0.364. The summed E-state index contributed by atoms with van der Waals surface area (Å²) in [5, 5.41) is 2.89. The lowest BCUT2D eigenvalue weighted by molar-refractivity contribution is -0.137. The number of carbonyl (C=O) groups excluding carboxylic acids is 1. The number of hydrogen-bond acceptors (Lipinski definition) is 4. The van der Waals surface area contributed by atoms with Crippen molar-refractivity contribution < 1.29 is 22.4 Å². The van der Waals surface area contributed by atoms with Gasteiger partial charge in [-0.25, -0.2) is 4.79 Å². The molecular formula is C22H22F3N3O3. The van der Waals surface area contributed by atoms with Gasteiger partial charge in [0.2, 0.25) is 0 Å². The Morgan fingerprint density at radius 2 is 1.84 bits per heavy atom. The van der Waals surface area contributed by atoms with Crippen LogP contribution < -0.4 is 16.0 Å². The molecule has 31 heavy (non-hydrogen) atoms. The third-order valence-corrected chi connectivity index (χ3v) is 5.70. The number of rotatable bonds is 5. The smallest absolute Gasteiger partial charge is 0.408 e. The van der Waals surface area contributed by atoms with E-state index in [4.69, 9.17) is 4.42 Å². The summed E-state index contributed by atoms with van der Waals surface area (Å²) in [6.45, 7) is 2.07. The van der Waals surface area contributed by atoms with E-state index >= 15 is 0 Å². The summed E-state index contributed by atoms with van der Waals surface area (Å²) in [5.74, 6) is -0.348. The lowest BCUT2D eigenvalue weighted by Crippen LogP contribution is -2.35. The van der Waals surface area contributed by atoms with Crippen LogP contribution in [0.25, 0.3) is 11.1 Å². The fourth-order valence-corrected chi connectivity index (χ4v) is 3.92. The number of nitrogens with one attached hydrogen (secondary N) is 2. The van der Waals surface area contributed by atoms with Crippen LogP contribution in [-0.4, -0.2) is 30.5 Å². The molecular weight excluding hydrogens is 411 g/mol. The quantitative estimate of drug-likeness (QED) is 0.633. The predicted octanol–water partition coefficient (Wildman–Crippen LogP) is 4.18. The van der Waals surface area contributed by atoms with Crippen molar-refractivity contribution in [3.8, 4) is 0 Å². The van der Waals surface area contributed by atoms with Crippen LogP contribution in [0.4, 0.5) is 18.9 Å². The molecule has 0 saturated carbocycles. The van der Waals surface area contributed by atoms with E-state index in [1.54, 1.807) is 12.1 Å². The molecule has 4 rings (SSSR count). The summed E-state index contributed by atoms with van der Waals surface area (Å²) < 4.78 is 43.1. The number of fused-ring (bicyclic) bond motifs is 1. The molecule has 2 N–H and O–H groups in total. The summed E-state index contributed by atoms with van der Waals surface area (Å²) in [6.07, 6.45) is -1.67. The van der Waals surface area contributed by atoms with Crippen LogP contribution in [-0.2, 0) is 6.18 Å². The molecule has 1 saturated heterocycles. The molecule has 164 valence electrons. The molecule has 1 amide bonds. The molecule has 1 fully saturated rings. The van der Waals surface area contributed by atoms with Gasteiger partial charge >= 0.3 is 11.9 Å². The number of alkyl halides is 3. The lowest BCUT2D eigenvalue weighted by Gasteiger charge is -2.33. The summed E-state index contributed by atoms with van der Waals surface area (Å²) in [6, 6.07) is 10.1. The highest BCUT2D eigenvalue weighted by molar-refractivity contribution is 5.96. The van der Waals surface area contributed by atoms with Crippen LogP contribution in [0.5, 0.6) is 0 Å². The van der Waals surface area contributed by atoms with E-state index in [2.05, 4.69) is 15.2 Å². The van der Waals surface area contributed by atoms with E-state index in [0.29, 0.717) is 29.1 Å². The molecule has 1 aliphatic rings. The standard InChI is InChI=1S/C22H22F3N3O3/c23-22(24,25)16-2-4-17(5-3-16)28-11-8-14(9-12-28)7-10-26-20(29)15-1-6-18-19(13-15)31-21(30)27-18/h1-6,13-14H,7-12H2,(H,26,29)(H,27,30). The van der Waals surface area contributed by atoms with E-state index < -0.39 is 17.5 Å². The van der Waals surface area contributed by atoms with Crippen LogP contribution in [0.1, 0.15) is 35.2 Å². The van der Waals surface area contributed by atoms with Gasteiger partial charge in [0.15, 0.2) is 5.58 Å². The molecule has 0 aliphatic carbocycles. The maximum absolute atomic E-state index is 12.7. The highest BCUT2D eigenvalue weighted by atomic mass is 19.4. The zero-order valence-corrected chi connectivity index (χ0v) is 16.7. The van der Waals surface area contributed by atoms with Crippen LogP contribution in [0.2, 0.25) is 0 Å². The van der Waals surface area contributed by atoms with Crippen molar-refractivity contribution >= 4 is 22.7 Å². The average molecular weight is 433 g/mol. The first-order chi connectivity index (χ1) is 14.8. The Morgan fingerprint density at radius 1 is 1.13 bits per heavy atom. The number of H-pyrrole nitrogens is 1. The lowest BCUT2D eigenvalue weighted by atomic mass is 9.93. The van der Waals surface area contributed by atoms with Gasteiger partial charge in [-0.1, -0.05) is 0 Å².